The van der Waals surface area contributed by atoms with Crippen molar-refractivity contribution in [3.05, 3.63) is 0 Å². The summed E-state index contributed by atoms with van der Waals surface area (Å²) in [4.78, 5) is 11.0. The average molecular weight is 280 g/mol. The zero-order chi connectivity index (χ0) is 13.9. The van der Waals surface area contributed by atoms with Crippen LogP contribution in [0.15, 0.2) is 0 Å². The minimum absolute atomic E-state index is 0.0379. The third kappa shape index (κ3) is 3.19. The van der Waals surface area contributed by atoms with Crippen molar-refractivity contribution in [1.82, 2.24) is 8.61 Å². The van der Waals surface area contributed by atoms with Gasteiger partial charge in [0.1, 0.15) is 0 Å². The van der Waals surface area contributed by atoms with Gasteiger partial charge in [-0.1, -0.05) is 6.92 Å². The van der Waals surface area contributed by atoms with E-state index < -0.39 is 22.1 Å². The molecule has 18 heavy (non-hydrogen) atoms. The molecule has 8 heteroatoms. The first-order valence-corrected chi connectivity index (χ1v) is 7.13. The van der Waals surface area contributed by atoms with Crippen molar-refractivity contribution < 1.29 is 23.1 Å². The summed E-state index contributed by atoms with van der Waals surface area (Å²) in [6.45, 7) is 2.60. The summed E-state index contributed by atoms with van der Waals surface area (Å²) in [5.41, 5.74) is 0. The SMILES string of the molecule is COCCN(C)S(=O)(=O)N1C[C@@H](C)[C@H](C(=O)O)C1. The number of nitrogens with zero attached hydrogens (tertiary/aromatic N) is 2. The Bertz CT molecular complexity index is 397. The first-order chi connectivity index (χ1) is 8.30. The van der Waals surface area contributed by atoms with E-state index in [2.05, 4.69) is 0 Å². The molecule has 1 aliphatic heterocycles. The number of rotatable bonds is 6. The second-order valence-corrected chi connectivity index (χ2v) is 6.60. The highest BCUT2D eigenvalue weighted by Crippen LogP contribution is 2.26. The van der Waals surface area contributed by atoms with E-state index in [1.54, 1.807) is 6.92 Å². The summed E-state index contributed by atoms with van der Waals surface area (Å²) in [5.74, 6) is -1.75. The number of methoxy groups -OCH3 is 1. The molecule has 0 aliphatic carbocycles. The van der Waals surface area contributed by atoms with Gasteiger partial charge in [0, 0.05) is 33.8 Å². The number of carboxylic acid groups (broad SMARTS) is 1. The van der Waals surface area contributed by atoms with Gasteiger partial charge in [0.2, 0.25) is 0 Å². The number of hydrogen-bond donors (Lipinski definition) is 1. The van der Waals surface area contributed by atoms with Crippen LogP contribution in [0, 0.1) is 11.8 Å². The summed E-state index contributed by atoms with van der Waals surface area (Å²) in [6.07, 6.45) is 0. The molecule has 1 heterocycles. The van der Waals surface area contributed by atoms with Crippen LogP contribution in [0.25, 0.3) is 0 Å². The zero-order valence-electron chi connectivity index (χ0n) is 10.9. The fourth-order valence-electron chi connectivity index (χ4n) is 1.96. The molecule has 0 aromatic rings. The van der Waals surface area contributed by atoms with E-state index in [4.69, 9.17) is 9.84 Å². The topological polar surface area (TPSA) is 87.2 Å². The molecule has 1 aliphatic rings. The lowest BCUT2D eigenvalue weighted by Gasteiger charge is -2.23. The van der Waals surface area contributed by atoms with Gasteiger partial charge in [-0.2, -0.15) is 17.0 Å². The molecule has 2 atom stereocenters. The molecular weight excluding hydrogens is 260 g/mol. The van der Waals surface area contributed by atoms with E-state index in [0.717, 1.165) is 0 Å². The number of aliphatic carboxylic acids is 1. The largest absolute Gasteiger partial charge is 0.481 e. The molecule has 0 bridgehead atoms. The maximum absolute atomic E-state index is 12.2. The Morgan fingerprint density at radius 1 is 1.50 bits per heavy atom. The molecule has 1 N–H and O–H groups in total. The van der Waals surface area contributed by atoms with Crippen LogP contribution >= 0.6 is 0 Å². The van der Waals surface area contributed by atoms with Crippen LogP contribution in [0.3, 0.4) is 0 Å². The van der Waals surface area contributed by atoms with Crippen molar-refractivity contribution in [2.45, 2.75) is 6.92 Å². The van der Waals surface area contributed by atoms with Gasteiger partial charge in [0.05, 0.1) is 12.5 Å². The van der Waals surface area contributed by atoms with E-state index >= 15 is 0 Å². The molecule has 0 radical (unpaired) electrons. The molecular formula is C10H20N2O5S. The van der Waals surface area contributed by atoms with Gasteiger partial charge in [-0.25, -0.2) is 0 Å². The first-order valence-electron chi connectivity index (χ1n) is 5.73. The number of hydrogen-bond acceptors (Lipinski definition) is 4. The van der Waals surface area contributed by atoms with Gasteiger partial charge >= 0.3 is 5.97 Å². The molecule has 0 saturated carbocycles. The minimum Gasteiger partial charge on any atom is -0.481 e. The van der Waals surface area contributed by atoms with Gasteiger partial charge in [0.25, 0.3) is 10.2 Å². The summed E-state index contributed by atoms with van der Waals surface area (Å²) < 4.78 is 31.6. The summed E-state index contributed by atoms with van der Waals surface area (Å²) in [7, 11) is -0.623. The summed E-state index contributed by atoms with van der Waals surface area (Å²) >= 11 is 0. The first kappa shape index (κ1) is 15.4. The van der Waals surface area contributed by atoms with Crippen LogP contribution < -0.4 is 0 Å². The lowest BCUT2D eigenvalue weighted by atomic mass is 9.99. The number of likely N-dealkylation sites (N-methyl/N-ethyl adjacent to an activating group) is 1. The lowest BCUT2D eigenvalue weighted by molar-refractivity contribution is -0.142. The van der Waals surface area contributed by atoms with Crippen molar-refractivity contribution in [2.75, 3.05) is 40.4 Å². The van der Waals surface area contributed by atoms with Crippen molar-refractivity contribution in [3.8, 4) is 0 Å². The number of carboxylic acids is 1. The maximum atomic E-state index is 12.2. The van der Waals surface area contributed by atoms with Gasteiger partial charge in [-0.05, 0) is 5.92 Å². The Kier molecular flexibility index (Phi) is 5.09. The molecule has 1 rings (SSSR count). The van der Waals surface area contributed by atoms with E-state index in [1.807, 2.05) is 0 Å². The van der Waals surface area contributed by atoms with Crippen LogP contribution in [0.1, 0.15) is 6.92 Å². The molecule has 0 amide bonds. The standard InChI is InChI=1S/C10H20N2O5S/c1-8-6-12(7-9(8)10(13)14)18(15,16)11(2)4-5-17-3/h8-9H,4-7H2,1-3H3,(H,13,14)/t8-,9-/m1/s1. The normalized spacial score (nSPS) is 25.8. The maximum Gasteiger partial charge on any atom is 0.308 e. The highest BCUT2D eigenvalue weighted by Gasteiger charge is 2.41. The Labute approximate surface area is 108 Å². The van der Waals surface area contributed by atoms with Gasteiger partial charge in [0.15, 0.2) is 0 Å². The summed E-state index contributed by atoms with van der Waals surface area (Å²) in [5, 5.41) is 8.99. The van der Waals surface area contributed by atoms with Crippen molar-refractivity contribution in [3.63, 3.8) is 0 Å². The molecule has 106 valence electrons. The van der Waals surface area contributed by atoms with E-state index in [0.29, 0.717) is 6.61 Å². The minimum atomic E-state index is -3.59. The third-order valence-corrected chi connectivity index (χ3v) is 5.15. The molecule has 1 fully saturated rings. The Morgan fingerprint density at radius 2 is 2.11 bits per heavy atom. The van der Waals surface area contributed by atoms with Crippen LogP contribution in [-0.2, 0) is 19.7 Å². The fourth-order valence-corrected chi connectivity index (χ4v) is 3.44. The number of ether oxygens (including phenoxy) is 1. The van der Waals surface area contributed by atoms with E-state index in [1.165, 1.54) is 22.8 Å². The summed E-state index contributed by atoms with van der Waals surface area (Å²) in [6, 6.07) is 0. The fraction of sp³-hybridized carbons (Fsp3) is 0.900. The van der Waals surface area contributed by atoms with Crippen molar-refractivity contribution >= 4 is 16.2 Å². The zero-order valence-corrected chi connectivity index (χ0v) is 11.7. The average Bonchev–Trinajstić information content (AvgIpc) is 2.68. The highest BCUT2D eigenvalue weighted by molar-refractivity contribution is 7.86. The third-order valence-electron chi connectivity index (χ3n) is 3.23. The second kappa shape index (κ2) is 5.96. The molecule has 0 unspecified atom stereocenters. The van der Waals surface area contributed by atoms with Gasteiger partial charge < -0.3 is 9.84 Å². The second-order valence-electron chi connectivity index (χ2n) is 4.56. The van der Waals surface area contributed by atoms with E-state index in [9.17, 15) is 13.2 Å². The van der Waals surface area contributed by atoms with Gasteiger partial charge in [-0.3, -0.25) is 4.79 Å². The molecule has 1 saturated heterocycles. The van der Waals surface area contributed by atoms with Gasteiger partial charge in [-0.15, -0.1) is 0 Å². The Morgan fingerprint density at radius 3 is 2.56 bits per heavy atom. The molecule has 0 aromatic heterocycles. The highest BCUT2D eigenvalue weighted by atomic mass is 32.2. The van der Waals surface area contributed by atoms with Crippen molar-refractivity contribution in [2.24, 2.45) is 11.8 Å². The smallest absolute Gasteiger partial charge is 0.308 e. The predicted molar refractivity (Wildman–Crippen MR) is 65.3 cm³/mol. The molecule has 0 aromatic carbocycles. The monoisotopic (exact) mass is 280 g/mol. The van der Waals surface area contributed by atoms with Crippen molar-refractivity contribution in [1.29, 1.82) is 0 Å². The molecule has 0 spiro atoms. The van der Waals surface area contributed by atoms with Crippen LogP contribution in [-0.4, -0.2) is 68.5 Å². The van der Waals surface area contributed by atoms with Crippen LogP contribution in [0.5, 0.6) is 0 Å². The van der Waals surface area contributed by atoms with Crippen LogP contribution in [0.4, 0.5) is 0 Å². The quantitative estimate of drug-likeness (QED) is 0.706. The lowest BCUT2D eigenvalue weighted by Crippen LogP contribution is -2.42. The Balaban J connectivity index is 2.73. The Hall–Kier alpha value is -0.700. The number of carbonyl (C=O) groups is 1. The van der Waals surface area contributed by atoms with E-state index in [-0.39, 0.29) is 25.6 Å². The predicted octanol–water partition coefficient (Wildman–Crippen LogP) is -0.538. The molecule has 7 nitrogen and oxygen atoms in total. The van der Waals surface area contributed by atoms with Crippen LogP contribution in [0.2, 0.25) is 0 Å².